The molecule has 0 saturated carbocycles. The van der Waals surface area contributed by atoms with Gasteiger partial charge >= 0.3 is 18.2 Å². The van der Waals surface area contributed by atoms with Gasteiger partial charge in [-0.15, -0.1) is 0 Å². The molecular formula is C30H29F3N2O6. The van der Waals surface area contributed by atoms with E-state index in [-0.39, 0.29) is 19.1 Å². The third kappa shape index (κ3) is 7.43. The molecule has 3 N–H and O–H groups in total. The molecule has 0 saturated heterocycles. The summed E-state index contributed by atoms with van der Waals surface area (Å²) in [5, 5.41) is 13.8. The second-order valence-electron chi connectivity index (χ2n) is 9.66. The number of alkyl halides is 3. The number of carbonyl (C=O) groups is 3. The van der Waals surface area contributed by atoms with Gasteiger partial charge in [0.2, 0.25) is 5.91 Å². The van der Waals surface area contributed by atoms with E-state index in [9.17, 15) is 32.7 Å². The molecular weight excluding hydrogens is 541 g/mol. The Labute approximate surface area is 234 Å². The van der Waals surface area contributed by atoms with E-state index < -0.39 is 48.8 Å². The molecule has 1 aliphatic rings. The number of carbonyl (C=O) groups excluding carboxylic acids is 3. The molecule has 0 fully saturated rings. The van der Waals surface area contributed by atoms with Crippen molar-refractivity contribution in [2.24, 2.45) is 0 Å². The molecule has 0 heterocycles. The van der Waals surface area contributed by atoms with E-state index in [1.54, 1.807) is 30.3 Å². The summed E-state index contributed by atoms with van der Waals surface area (Å²) in [7, 11) is 0. The number of benzene rings is 3. The van der Waals surface area contributed by atoms with E-state index in [4.69, 9.17) is 9.47 Å². The average Bonchev–Trinajstić information content (AvgIpc) is 3.27. The summed E-state index contributed by atoms with van der Waals surface area (Å²) in [6.07, 6.45) is -9.58. The predicted molar refractivity (Wildman–Crippen MR) is 143 cm³/mol. The molecule has 0 aliphatic heterocycles. The number of nitrogens with one attached hydrogen (secondary N) is 2. The quantitative estimate of drug-likeness (QED) is 0.311. The summed E-state index contributed by atoms with van der Waals surface area (Å²) in [5.74, 6) is -2.28. The molecule has 3 aromatic carbocycles. The second-order valence-corrected chi connectivity index (χ2v) is 9.66. The van der Waals surface area contributed by atoms with Crippen LogP contribution in [0.3, 0.4) is 0 Å². The van der Waals surface area contributed by atoms with Crippen LogP contribution in [0.15, 0.2) is 78.9 Å². The van der Waals surface area contributed by atoms with Crippen molar-refractivity contribution in [2.45, 2.75) is 50.2 Å². The van der Waals surface area contributed by atoms with Gasteiger partial charge in [-0.1, -0.05) is 78.9 Å². The van der Waals surface area contributed by atoms with Gasteiger partial charge in [0.25, 0.3) is 0 Å². The van der Waals surface area contributed by atoms with Crippen molar-refractivity contribution in [2.75, 3.05) is 6.61 Å². The summed E-state index contributed by atoms with van der Waals surface area (Å²) in [6, 6.07) is 20.6. The standard InChI is InChI=1S/C30H29F3N2O6/c1-18(27(37)30(31,32)33)34-28(38)25(15-26(36)40-16-19-9-3-2-4-10-19)35-29(39)41-17-24-22-13-7-5-11-20(22)21-12-6-8-14-23(21)24/h2-14,18,24-25,27,37H,15-17H2,1H3,(H,34,38)(H,35,39)/t18?,25-,27?/m0/s1. The van der Waals surface area contributed by atoms with Gasteiger partial charge < -0.3 is 25.2 Å². The van der Waals surface area contributed by atoms with Crippen molar-refractivity contribution >= 4 is 18.0 Å². The van der Waals surface area contributed by atoms with Gasteiger partial charge in [-0.25, -0.2) is 4.79 Å². The molecule has 2 unspecified atom stereocenters. The first-order valence-corrected chi connectivity index (χ1v) is 12.9. The average molecular weight is 571 g/mol. The third-order valence-corrected chi connectivity index (χ3v) is 6.74. The highest BCUT2D eigenvalue weighted by molar-refractivity contribution is 5.90. The van der Waals surface area contributed by atoms with Crippen LogP contribution >= 0.6 is 0 Å². The fraction of sp³-hybridized carbons (Fsp3) is 0.300. The first-order valence-electron chi connectivity index (χ1n) is 12.9. The number of rotatable bonds is 10. The van der Waals surface area contributed by atoms with Crippen LogP contribution in [0.25, 0.3) is 11.1 Å². The number of halogens is 3. The van der Waals surface area contributed by atoms with E-state index >= 15 is 0 Å². The zero-order valence-electron chi connectivity index (χ0n) is 22.1. The van der Waals surface area contributed by atoms with Crippen molar-refractivity contribution in [3.8, 4) is 11.1 Å². The fourth-order valence-corrected chi connectivity index (χ4v) is 4.64. The topological polar surface area (TPSA) is 114 Å². The number of hydrogen-bond acceptors (Lipinski definition) is 6. The van der Waals surface area contributed by atoms with Crippen molar-refractivity contribution in [3.05, 3.63) is 95.6 Å². The molecule has 41 heavy (non-hydrogen) atoms. The zero-order valence-corrected chi connectivity index (χ0v) is 22.1. The van der Waals surface area contributed by atoms with Gasteiger partial charge in [-0.05, 0) is 34.7 Å². The minimum Gasteiger partial charge on any atom is -0.461 e. The second kappa shape index (κ2) is 12.9. The zero-order chi connectivity index (χ0) is 29.6. The Balaban J connectivity index is 1.42. The van der Waals surface area contributed by atoms with Gasteiger partial charge in [0, 0.05) is 5.92 Å². The van der Waals surface area contributed by atoms with Crippen molar-refractivity contribution in [3.63, 3.8) is 0 Å². The third-order valence-electron chi connectivity index (χ3n) is 6.74. The van der Waals surface area contributed by atoms with E-state index in [2.05, 4.69) is 5.32 Å². The molecule has 0 aromatic heterocycles. The Morgan fingerprint density at radius 3 is 2.00 bits per heavy atom. The van der Waals surface area contributed by atoms with Crippen LogP contribution in [0.4, 0.5) is 18.0 Å². The minimum absolute atomic E-state index is 0.0875. The molecule has 0 bridgehead atoms. The Kier molecular flexibility index (Phi) is 9.28. The highest BCUT2D eigenvalue weighted by atomic mass is 19.4. The number of alkyl carbamates (subject to hydrolysis) is 1. The lowest BCUT2D eigenvalue weighted by Gasteiger charge is -2.25. The highest BCUT2D eigenvalue weighted by Gasteiger charge is 2.43. The van der Waals surface area contributed by atoms with Gasteiger partial charge in [-0.3, -0.25) is 9.59 Å². The molecule has 8 nitrogen and oxygen atoms in total. The Hall–Kier alpha value is -4.38. The Bertz CT molecular complexity index is 1340. The van der Waals surface area contributed by atoms with Gasteiger partial charge in [0.1, 0.15) is 19.3 Å². The molecule has 1 aliphatic carbocycles. The molecule has 3 aromatic rings. The number of hydrogen-bond donors (Lipinski definition) is 3. The van der Waals surface area contributed by atoms with Crippen LogP contribution in [0.5, 0.6) is 0 Å². The smallest absolute Gasteiger partial charge is 0.416 e. The molecule has 2 amide bonds. The van der Waals surface area contributed by atoms with Gasteiger partial charge in [-0.2, -0.15) is 13.2 Å². The van der Waals surface area contributed by atoms with Crippen LogP contribution in [-0.2, 0) is 25.7 Å². The summed E-state index contributed by atoms with van der Waals surface area (Å²) >= 11 is 0. The van der Waals surface area contributed by atoms with Crippen molar-refractivity contribution in [1.29, 1.82) is 0 Å². The molecule has 3 atom stereocenters. The number of fused-ring (bicyclic) bond motifs is 3. The van der Waals surface area contributed by atoms with Gasteiger partial charge in [0.05, 0.1) is 12.5 Å². The summed E-state index contributed by atoms with van der Waals surface area (Å²) in [4.78, 5) is 38.1. The molecule has 216 valence electrons. The maximum absolute atomic E-state index is 12.9. The van der Waals surface area contributed by atoms with Crippen LogP contribution in [0.2, 0.25) is 0 Å². The van der Waals surface area contributed by atoms with Crippen molar-refractivity contribution in [1.82, 2.24) is 10.6 Å². The van der Waals surface area contributed by atoms with Crippen LogP contribution in [-0.4, -0.2) is 54.0 Å². The number of amides is 2. The lowest BCUT2D eigenvalue weighted by Crippen LogP contribution is -2.55. The molecule has 0 spiro atoms. The molecule has 11 heteroatoms. The van der Waals surface area contributed by atoms with Crippen molar-refractivity contribution < 1.29 is 42.1 Å². The maximum atomic E-state index is 12.9. The highest BCUT2D eigenvalue weighted by Crippen LogP contribution is 2.44. The van der Waals surface area contributed by atoms with E-state index in [0.29, 0.717) is 5.56 Å². The first kappa shape index (κ1) is 29.6. The first-order chi connectivity index (χ1) is 19.5. The fourth-order valence-electron chi connectivity index (χ4n) is 4.64. The number of aliphatic hydroxyl groups excluding tert-OH is 1. The lowest BCUT2D eigenvalue weighted by molar-refractivity contribution is -0.210. The lowest BCUT2D eigenvalue weighted by atomic mass is 9.98. The van der Waals surface area contributed by atoms with Crippen LogP contribution in [0.1, 0.15) is 36.0 Å². The molecule has 0 radical (unpaired) electrons. The minimum atomic E-state index is -4.99. The van der Waals surface area contributed by atoms with E-state index in [1.807, 2.05) is 53.8 Å². The van der Waals surface area contributed by atoms with Crippen LogP contribution < -0.4 is 10.6 Å². The largest absolute Gasteiger partial charge is 0.461 e. The SMILES string of the molecule is CC(NC(=O)[C@H](CC(=O)OCc1ccccc1)NC(=O)OCC1c2ccccc2-c2ccccc21)C(O)C(F)(F)F. The maximum Gasteiger partial charge on any atom is 0.416 e. The van der Waals surface area contributed by atoms with E-state index in [1.165, 1.54) is 0 Å². The summed E-state index contributed by atoms with van der Waals surface area (Å²) in [6.45, 7) is 0.756. The summed E-state index contributed by atoms with van der Waals surface area (Å²) < 4.78 is 49.4. The van der Waals surface area contributed by atoms with E-state index in [0.717, 1.165) is 29.2 Å². The van der Waals surface area contributed by atoms with Crippen LogP contribution in [0, 0.1) is 0 Å². The van der Waals surface area contributed by atoms with Gasteiger partial charge in [0.15, 0.2) is 6.10 Å². The monoisotopic (exact) mass is 570 g/mol. The Morgan fingerprint density at radius 2 is 1.41 bits per heavy atom. The summed E-state index contributed by atoms with van der Waals surface area (Å²) in [5.41, 5.74) is 4.60. The number of esters is 1. The predicted octanol–water partition coefficient (Wildman–Crippen LogP) is 4.46. The molecule has 4 rings (SSSR count). The normalized spacial score (nSPS) is 14.7. The number of ether oxygens (including phenoxy) is 2. The Morgan fingerprint density at radius 1 is 0.854 bits per heavy atom. The number of aliphatic hydroxyl groups is 1.